The van der Waals surface area contributed by atoms with Crippen molar-refractivity contribution in [2.75, 3.05) is 6.54 Å². The zero-order chi connectivity index (χ0) is 19.3. The first kappa shape index (κ1) is 22.1. The smallest absolute Gasteiger partial charge is 0.408 e. The van der Waals surface area contributed by atoms with Crippen LogP contribution in [0.1, 0.15) is 66.0 Å². The highest BCUT2D eigenvalue weighted by Gasteiger charge is 2.30. The first-order valence-corrected chi connectivity index (χ1v) is 9.47. The Bertz CT molecular complexity index is 581. The predicted molar refractivity (Wildman–Crippen MR) is 106 cm³/mol. The van der Waals surface area contributed by atoms with Gasteiger partial charge >= 0.3 is 6.09 Å². The molecule has 0 aliphatic carbocycles. The number of ether oxygens (including phenoxy) is 1. The Morgan fingerprint density at radius 1 is 1.16 bits per heavy atom. The van der Waals surface area contributed by atoms with Gasteiger partial charge in [-0.15, -0.1) is 0 Å². The SMILES string of the molecule is CCC(CC)(CNC(C)c1ccc(Cl)c(Cl)c1)NC(=O)OC(C)(C)C. The minimum atomic E-state index is -0.516. The molecule has 0 heterocycles. The number of alkyl carbamates (subject to hydrolysis) is 1. The van der Waals surface area contributed by atoms with E-state index in [2.05, 4.69) is 31.4 Å². The van der Waals surface area contributed by atoms with Gasteiger partial charge in [-0.05, 0) is 58.2 Å². The van der Waals surface area contributed by atoms with Gasteiger partial charge in [0.15, 0.2) is 0 Å². The van der Waals surface area contributed by atoms with Crippen molar-refractivity contribution < 1.29 is 9.53 Å². The number of benzene rings is 1. The van der Waals surface area contributed by atoms with Crippen LogP contribution in [0.3, 0.4) is 0 Å². The van der Waals surface area contributed by atoms with Crippen LogP contribution in [-0.4, -0.2) is 23.8 Å². The molecule has 0 bridgehead atoms. The topological polar surface area (TPSA) is 50.4 Å². The Hall–Kier alpha value is -0.970. The van der Waals surface area contributed by atoms with E-state index in [0.717, 1.165) is 18.4 Å². The van der Waals surface area contributed by atoms with Crippen LogP contribution < -0.4 is 10.6 Å². The maximum atomic E-state index is 12.2. The summed E-state index contributed by atoms with van der Waals surface area (Å²) in [5.74, 6) is 0. The lowest BCUT2D eigenvalue weighted by molar-refractivity contribution is 0.0444. The third-order valence-electron chi connectivity index (χ3n) is 4.31. The van der Waals surface area contributed by atoms with Crippen molar-refractivity contribution in [3.05, 3.63) is 33.8 Å². The molecule has 0 fully saturated rings. The molecule has 0 radical (unpaired) electrons. The molecular weight excluding hydrogens is 359 g/mol. The summed E-state index contributed by atoms with van der Waals surface area (Å²) in [6, 6.07) is 5.69. The molecule has 25 heavy (non-hydrogen) atoms. The highest BCUT2D eigenvalue weighted by molar-refractivity contribution is 6.42. The molecule has 2 N–H and O–H groups in total. The van der Waals surface area contributed by atoms with Gasteiger partial charge in [-0.3, -0.25) is 0 Å². The second kappa shape index (κ2) is 9.11. The minimum absolute atomic E-state index is 0.0766. The van der Waals surface area contributed by atoms with E-state index < -0.39 is 5.60 Å². The molecule has 6 heteroatoms. The van der Waals surface area contributed by atoms with Crippen LogP contribution in [0.4, 0.5) is 4.79 Å². The van der Waals surface area contributed by atoms with Crippen LogP contribution in [0.2, 0.25) is 10.0 Å². The average Bonchev–Trinajstić information content (AvgIpc) is 2.52. The molecule has 4 nitrogen and oxygen atoms in total. The second-order valence-electron chi connectivity index (χ2n) is 7.39. The Morgan fingerprint density at radius 2 is 1.76 bits per heavy atom. The Labute approximate surface area is 161 Å². The number of carbonyl (C=O) groups excluding carboxylic acids is 1. The monoisotopic (exact) mass is 388 g/mol. The first-order chi connectivity index (χ1) is 11.5. The van der Waals surface area contributed by atoms with Crippen LogP contribution in [0.25, 0.3) is 0 Å². The fraction of sp³-hybridized carbons (Fsp3) is 0.632. The van der Waals surface area contributed by atoms with Crippen LogP contribution in [-0.2, 0) is 4.74 Å². The molecule has 0 saturated heterocycles. The summed E-state index contributed by atoms with van der Waals surface area (Å²) >= 11 is 12.1. The number of carbonyl (C=O) groups is 1. The van der Waals surface area contributed by atoms with E-state index in [0.29, 0.717) is 16.6 Å². The Morgan fingerprint density at radius 3 is 2.24 bits per heavy atom. The quantitative estimate of drug-likeness (QED) is 0.626. The van der Waals surface area contributed by atoms with Crippen molar-refractivity contribution in [2.24, 2.45) is 0 Å². The highest BCUT2D eigenvalue weighted by Crippen LogP contribution is 2.26. The molecule has 1 rings (SSSR count). The van der Waals surface area contributed by atoms with Gasteiger partial charge in [0.25, 0.3) is 0 Å². The van der Waals surface area contributed by atoms with Gasteiger partial charge in [-0.25, -0.2) is 4.79 Å². The lowest BCUT2D eigenvalue weighted by Gasteiger charge is -2.35. The maximum absolute atomic E-state index is 12.2. The van der Waals surface area contributed by atoms with Crippen molar-refractivity contribution in [1.82, 2.24) is 10.6 Å². The summed E-state index contributed by atoms with van der Waals surface area (Å²) in [6.45, 7) is 12.4. The van der Waals surface area contributed by atoms with E-state index in [1.165, 1.54) is 0 Å². The number of amides is 1. The predicted octanol–water partition coefficient (Wildman–Crippen LogP) is 5.73. The summed E-state index contributed by atoms with van der Waals surface area (Å²) in [7, 11) is 0. The summed E-state index contributed by atoms with van der Waals surface area (Å²) < 4.78 is 5.41. The van der Waals surface area contributed by atoms with E-state index in [1.54, 1.807) is 6.07 Å². The van der Waals surface area contributed by atoms with E-state index in [4.69, 9.17) is 27.9 Å². The summed E-state index contributed by atoms with van der Waals surface area (Å²) in [5.41, 5.74) is 0.165. The number of halogens is 2. The first-order valence-electron chi connectivity index (χ1n) is 8.71. The van der Waals surface area contributed by atoms with Gasteiger partial charge in [0.2, 0.25) is 0 Å². The highest BCUT2D eigenvalue weighted by atomic mass is 35.5. The van der Waals surface area contributed by atoms with Crippen LogP contribution in [0.5, 0.6) is 0 Å². The third-order valence-corrected chi connectivity index (χ3v) is 5.05. The van der Waals surface area contributed by atoms with E-state index >= 15 is 0 Å². The zero-order valence-electron chi connectivity index (χ0n) is 16.0. The van der Waals surface area contributed by atoms with Gasteiger partial charge in [-0.2, -0.15) is 0 Å². The molecule has 1 aromatic carbocycles. The lowest BCUT2D eigenvalue weighted by Crippen LogP contribution is -2.55. The molecule has 0 aliphatic rings. The zero-order valence-corrected chi connectivity index (χ0v) is 17.5. The maximum Gasteiger partial charge on any atom is 0.408 e. The van der Waals surface area contributed by atoms with Gasteiger partial charge in [0.05, 0.1) is 15.6 Å². The van der Waals surface area contributed by atoms with Crippen LogP contribution in [0, 0.1) is 0 Å². The normalized spacial score (nSPS) is 13.4. The van der Waals surface area contributed by atoms with Crippen molar-refractivity contribution in [3.8, 4) is 0 Å². The molecule has 0 spiro atoms. The summed E-state index contributed by atoms with van der Waals surface area (Å²) in [5, 5.41) is 7.61. The van der Waals surface area contributed by atoms with Crippen molar-refractivity contribution in [3.63, 3.8) is 0 Å². The standard InChI is InChI=1S/C19H30Cl2N2O2/c1-7-19(8-2,23-17(24)25-18(4,5)6)12-22-13(3)14-9-10-15(20)16(21)11-14/h9-11,13,22H,7-8,12H2,1-6H3,(H,23,24). The lowest BCUT2D eigenvalue weighted by atomic mass is 9.92. The van der Waals surface area contributed by atoms with Gasteiger partial charge in [0, 0.05) is 12.6 Å². The van der Waals surface area contributed by atoms with Crippen LogP contribution >= 0.6 is 23.2 Å². The molecule has 1 aromatic rings. The van der Waals surface area contributed by atoms with E-state index in [-0.39, 0.29) is 17.7 Å². The molecule has 1 atom stereocenters. The third kappa shape index (κ3) is 7.04. The van der Waals surface area contributed by atoms with E-state index in [1.807, 2.05) is 32.9 Å². The fourth-order valence-corrected chi connectivity index (χ4v) is 2.80. The fourth-order valence-electron chi connectivity index (χ4n) is 2.49. The number of hydrogen-bond acceptors (Lipinski definition) is 3. The number of nitrogens with one attached hydrogen (secondary N) is 2. The summed E-state index contributed by atoms with van der Waals surface area (Å²) in [6.07, 6.45) is 1.20. The van der Waals surface area contributed by atoms with Gasteiger partial charge in [0.1, 0.15) is 5.60 Å². The van der Waals surface area contributed by atoms with E-state index in [9.17, 15) is 4.79 Å². The Balaban J connectivity index is 2.76. The largest absolute Gasteiger partial charge is 0.444 e. The second-order valence-corrected chi connectivity index (χ2v) is 8.20. The van der Waals surface area contributed by atoms with Crippen LogP contribution in [0.15, 0.2) is 18.2 Å². The molecule has 1 amide bonds. The van der Waals surface area contributed by atoms with Crippen molar-refractivity contribution in [2.45, 2.75) is 71.6 Å². The average molecular weight is 389 g/mol. The molecule has 0 aromatic heterocycles. The molecule has 0 aliphatic heterocycles. The van der Waals surface area contributed by atoms with Gasteiger partial charge in [-0.1, -0.05) is 43.1 Å². The van der Waals surface area contributed by atoms with Crippen molar-refractivity contribution >= 4 is 29.3 Å². The molecule has 1 unspecified atom stereocenters. The van der Waals surface area contributed by atoms with Gasteiger partial charge < -0.3 is 15.4 Å². The Kier molecular flexibility index (Phi) is 8.04. The molecule has 142 valence electrons. The molecule has 0 saturated carbocycles. The number of hydrogen-bond donors (Lipinski definition) is 2. The minimum Gasteiger partial charge on any atom is -0.444 e. The van der Waals surface area contributed by atoms with Crippen molar-refractivity contribution in [1.29, 1.82) is 0 Å². The summed E-state index contributed by atoms with van der Waals surface area (Å²) in [4.78, 5) is 12.2. The molecular formula is C19H30Cl2N2O2. The number of rotatable bonds is 7.